The summed E-state index contributed by atoms with van der Waals surface area (Å²) in [7, 11) is 1.02. The number of hydrogen-bond acceptors (Lipinski definition) is 1. The van der Waals surface area contributed by atoms with E-state index in [9.17, 15) is 21.7 Å². The topological polar surface area (TPSA) is 3.24 Å². The molecule has 0 amide bonds. The molecule has 0 radical (unpaired) electrons. The molecule has 68 valence electrons. The Balaban J connectivity index is 3.61. The van der Waals surface area contributed by atoms with Gasteiger partial charge in [-0.15, -0.1) is 0 Å². The van der Waals surface area contributed by atoms with Crippen LogP contribution in [0.25, 0.3) is 0 Å². The predicted octanol–water partition coefficient (Wildman–Crippen LogP) is 1.57. The Kier molecular flexibility index (Phi) is 3.78. The van der Waals surface area contributed by atoms with E-state index in [2.05, 4.69) is 0 Å². The Hall–Kier alpha value is -0.325. The molecule has 7 heteroatoms. The van der Waals surface area contributed by atoms with Crippen molar-refractivity contribution < 1.29 is 21.7 Å². The molecule has 0 heterocycles. The standard InChI is InChI=1S/C4H8BF5N/c1-11(2-4(6)7)3-5(8,9)10/h4H,2-3H2,1H3/q-1. The summed E-state index contributed by atoms with van der Waals surface area (Å²) in [5, 5.41) is 0. The summed E-state index contributed by atoms with van der Waals surface area (Å²) in [5.74, 6) is 0. The third kappa shape index (κ3) is 7.57. The van der Waals surface area contributed by atoms with Crippen molar-refractivity contribution in [2.75, 3.05) is 20.0 Å². The van der Waals surface area contributed by atoms with Crippen LogP contribution in [0.3, 0.4) is 0 Å². The Morgan fingerprint density at radius 3 is 2.00 bits per heavy atom. The summed E-state index contributed by atoms with van der Waals surface area (Å²) in [6.07, 6.45) is -3.94. The lowest BCUT2D eigenvalue weighted by atomic mass is 9.91. The van der Waals surface area contributed by atoms with Crippen LogP contribution in [-0.4, -0.2) is 38.3 Å². The number of halogens is 5. The van der Waals surface area contributed by atoms with Crippen LogP contribution < -0.4 is 0 Å². The fourth-order valence-corrected chi connectivity index (χ4v) is 0.664. The van der Waals surface area contributed by atoms with Crippen molar-refractivity contribution >= 4 is 6.98 Å². The van der Waals surface area contributed by atoms with Gasteiger partial charge in [-0.3, -0.25) is 0 Å². The van der Waals surface area contributed by atoms with Crippen LogP contribution in [-0.2, 0) is 0 Å². The van der Waals surface area contributed by atoms with E-state index in [0.29, 0.717) is 4.90 Å². The lowest BCUT2D eigenvalue weighted by Gasteiger charge is -2.22. The lowest BCUT2D eigenvalue weighted by Crippen LogP contribution is -2.37. The maximum absolute atomic E-state index is 11.5. The van der Waals surface area contributed by atoms with Gasteiger partial charge in [0.2, 0.25) is 0 Å². The Morgan fingerprint density at radius 1 is 1.27 bits per heavy atom. The van der Waals surface area contributed by atoms with Crippen molar-refractivity contribution in [3.8, 4) is 0 Å². The molecule has 0 aromatic carbocycles. The highest BCUT2D eigenvalue weighted by Crippen LogP contribution is 2.09. The molecule has 11 heavy (non-hydrogen) atoms. The lowest BCUT2D eigenvalue weighted by molar-refractivity contribution is 0.104. The van der Waals surface area contributed by atoms with Crippen molar-refractivity contribution in [1.82, 2.24) is 4.90 Å². The summed E-state index contributed by atoms with van der Waals surface area (Å²) in [5.41, 5.74) is 0. The number of alkyl halides is 2. The number of hydrogen-bond donors (Lipinski definition) is 0. The molecule has 0 aliphatic carbocycles. The molecule has 0 spiro atoms. The normalized spacial score (nSPS) is 13.1. The average Bonchev–Trinajstić information content (AvgIpc) is 1.53. The van der Waals surface area contributed by atoms with Crippen LogP contribution in [0.5, 0.6) is 0 Å². The molecule has 0 saturated carbocycles. The summed E-state index contributed by atoms with van der Waals surface area (Å²) in [6, 6.07) is 0. The van der Waals surface area contributed by atoms with E-state index in [-0.39, 0.29) is 0 Å². The van der Waals surface area contributed by atoms with Gasteiger partial charge in [0.1, 0.15) is 0 Å². The van der Waals surface area contributed by atoms with E-state index >= 15 is 0 Å². The molecule has 0 fully saturated rings. The smallest absolute Gasteiger partial charge is 0.448 e. The van der Waals surface area contributed by atoms with Gasteiger partial charge in [-0.1, -0.05) is 0 Å². The van der Waals surface area contributed by atoms with Gasteiger partial charge in [-0.05, 0) is 13.5 Å². The number of rotatable bonds is 4. The van der Waals surface area contributed by atoms with Crippen LogP contribution >= 0.6 is 0 Å². The van der Waals surface area contributed by atoms with E-state index in [1.807, 2.05) is 0 Å². The van der Waals surface area contributed by atoms with Gasteiger partial charge in [0.05, 0.1) is 6.54 Å². The molecule has 0 rings (SSSR count). The minimum Gasteiger partial charge on any atom is -0.448 e. The second kappa shape index (κ2) is 3.89. The number of nitrogens with zero attached hydrogens (tertiary/aromatic N) is 1. The van der Waals surface area contributed by atoms with Gasteiger partial charge in [0.15, 0.2) is 0 Å². The summed E-state index contributed by atoms with van der Waals surface area (Å²) in [4.78, 5) is 0.560. The van der Waals surface area contributed by atoms with Gasteiger partial charge in [0, 0.05) is 0 Å². The molecule has 0 aliphatic rings. The molecule has 0 aromatic rings. The molecule has 0 aliphatic heterocycles. The minimum atomic E-state index is -4.98. The first-order valence-electron chi connectivity index (χ1n) is 2.99. The van der Waals surface area contributed by atoms with E-state index in [1.165, 1.54) is 0 Å². The van der Waals surface area contributed by atoms with E-state index in [1.54, 1.807) is 0 Å². The Morgan fingerprint density at radius 2 is 1.73 bits per heavy atom. The summed E-state index contributed by atoms with van der Waals surface area (Å²) >= 11 is 0. The monoisotopic (exact) mass is 176 g/mol. The van der Waals surface area contributed by atoms with E-state index in [0.717, 1.165) is 7.05 Å². The van der Waals surface area contributed by atoms with Gasteiger partial charge >= 0.3 is 6.98 Å². The zero-order valence-electron chi connectivity index (χ0n) is 5.91. The summed E-state index contributed by atoms with van der Waals surface area (Å²) < 4.78 is 57.5. The third-order valence-corrected chi connectivity index (χ3v) is 0.968. The first-order chi connectivity index (χ1) is 4.81. The van der Waals surface area contributed by atoms with E-state index < -0.39 is 26.4 Å². The molecule has 0 bridgehead atoms. The largest absolute Gasteiger partial charge is 0.492 e. The second-order valence-corrected chi connectivity index (χ2v) is 2.32. The molecule has 0 unspecified atom stereocenters. The van der Waals surface area contributed by atoms with Crippen LogP contribution in [0.2, 0.25) is 0 Å². The highest BCUT2D eigenvalue weighted by molar-refractivity contribution is 6.58. The van der Waals surface area contributed by atoms with Crippen LogP contribution in [0, 0.1) is 0 Å². The maximum Gasteiger partial charge on any atom is 0.492 e. The van der Waals surface area contributed by atoms with Gasteiger partial charge in [0.25, 0.3) is 6.43 Å². The third-order valence-electron chi connectivity index (χ3n) is 0.968. The van der Waals surface area contributed by atoms with Crippen molar-refractivity contribution in [2.45, 2.75) is 6.43 Å². The molecule has 0 aromatic heterocycles. The highest BCUT2D eigenvalue weighted by Gasteiger charge is 2.25. The van der Waals surface area contributed by atoms with Crippen LogP contribution in [0.15, 0.2) is 0 Å². The molecule has 1 nitrogen and oxygen atoms in total. The zero-order valence-corrected chi connectivity index (χ0v) is 5.91. The SMILES string of the molecule is CN(CC(F)F)C[B-](F)(F)F. The minimum absolute atomic E-state index is 0.560. The molecule has 0 N–H and O–H groups in total. The van der Waals surface area contributed by atoms with Crippen LogP contribution in [0.1, 0.15) is 0 Å². The van der Waals surface area contributed by atoms with Gasteiger partial charge < -0.3 is 17.8 Å². The fraction of sp³-hybridized carbons (Fsp3) is 1.00. The predicted molar refractivity (Wildman–Crippen MR) is 32.6 cm³/mol. The Labute approximate surface area is 61.2 Å². The first-order valence-corrected chi connectivity index (χ1v) is 2.99. The van der Waals surface area contributed by atoms with Crippen molar-refractivity contribution in [1.29, 1.82) is 0 Å². The molecule has 0 saturated heterocycles. The summed E-state index contributed by atoms with van der Waals surface area (Å²) in [6.45, 7) is -5.81. The Bertz CT molecular complexity index is 114. The van der Waals surface area contributed by atoms with E-state index in [4.69, 9.17) is 0 Å². The molecule has 0 atom stereocenters. The maximum atomic E-state index is 11.5. The fourth-order valence-electron chi connectivity index (χ4n) is 0.664. The van der Waals surface area contributed by atoms with Gasteiger partial charge in [-0.25, -0.2) is 8.78 Å². The highest BCUT2D eigenvalue weighted by atomic mass is 19.4. The molecular formula is C4H8BF5N-. The first kappa shape index (κ1) is 10.7. The zero-order chi connectivity index (χ0) is 9.07. The van der Waals surface area contributed by atoms with Crippen LogP contribution in [0.4, 0.5) is 21.7 Å². The average molecular weight is 176 g/mol. The second-order valence-electron chi connectivity index (χ2n) is 2.32. The van der Waals surface area contributed by atoms with Crippen molar-refractivity contribution in [2.24, 2.45) is 0 Å². The van der Waals surface area contributed by atoms with Crippen molar-refractivity contribution in [3.05, 3.63) is 0 Å². The molecular weight excluding hydrogens is 168 g/mol. The quantitative estimate of drug-likeness (QED) is 0.464. The van der Waals surface area contributed by atoms with Crippen molar-refractivity contribution in [3.63, 3.8) is 0 Å². The van der Waals surface area contributed by atoms with Gasteiger partial charge in [-0.2, -0.15) is 0 Å².